The standard InChI is InChI=1S/C15H25NO3/c1-11(2)16-7-6-8-19-15-13(17-4)9-12(3)10-14(15)18-5/h9-11,16H,6-8H2,1-5H3. The van der Waals surface area contributed by atoms with Crippen LogP contribution in [-0.4, -0.2) is 33.4 Å². The maximum Gasteiger partial charge on any atom is 0.203 e. The molecule has 19 heavy (non-hydrogen) atoms. The third kappa shape index (κ3) is 4.99. The Morgan fingerprint density at radius 3 is 2.16 bits per heavy atom. The lowest BCUT2D eigenvalue weighted by molar-refractivity contribution is 0.268. The fraction of sp³-hybridized carbons (Fsp3) is 0.600. The van der Waals surface area contributed by atoms with Crippen LogP contribution in [0, 0.1) is 6.92 Å². The van der Waals surface area contributed by atoms with E-state index in [1.807, 2.05) is 19.1 Å². The summed E-state index contributed by atoms with van der Waals surface area (Å²) in [5.41, 5.74) is 1.09. The van der Waals surface area contributed by atoms with Gasteiger partial charge in [0.25, 0.3) is 0 Å². The molecule has 0 aromatic heterocycles. The number of hydrogen-bond donors (Lipinski definition) is 1. The normalized spacial score (nSPS) is 10.6. The van der Waals surface area contributed by atoms with Crippen LogP contribution in [0.15, 0.2) is 12.1 Å². The lowest BCUT2D eigenvalue weighted by Gasteiger charge is -2.15. The molecular weight excluding hydrogens is 242 g/mol. The number of benzene rings is 1. The summed E-state index contributed by atoms with van der Waals surface area (Å²) in [5.74, 6) is 2.11. The second kappa shape index (κ2) is 7.89. The maximum absolute atomic E-state index is 5.80. The van der Waals surface area contributed by atoms with E-state index < -0.39 is 0 Å². The van der Waals surface area contributed by atoms with E-state index >= 15 is 0 Å². The van der Waals surface area contributed by atoms with Crippen LogP contribution in [0.2, 0.25) is 0 Å². The summed E-state index contributed by atoms with van der Waals surface area (Å²) in [6, 6.07) is 4.40. The molecule has 1 aromatic carbocycles. The van der Waals surface area contributed by atoms with Crippen LogP contribution in [-0.2, 0) is 0 Å². The number of hydrogen-bond acceptors (Lipinski definition) is 4. The van der Waals surface area contributed by atoms with Crippen LogP contribution in [0.3, 0.4) is 0 Å². The molecule has 1 N–H and O–H groups in total. The Labute approximate surface area is 116 Å². The van der Waals surface area contributed by atoms with Crippen molar-refractivity contribution in [3.05, 3.63) is 17.7 Å². The molecule has 4 heteroatoms. The molecule has 108 valence electrons. The van der Waals surface area contributed by atoms with Gasteiger partial charge in [-0.15, -0.1) is 0 Å². The van der Waals surface area contributed by atoms with Gasteiger partial charge in [-0.05, 0) is 37.6 Å². The van der Waals surface area contributed by atoms with Crippen molar-refractivity contribution >= 4 is 0 Å². The van der Waals surface area contributed by atoms with E-state index in [1.165, 1.54) is 0 Å². The van der Waals surface area contributed by atoms with Gasteiger partial charge in [0.15, 0.2) is 11.5 Å². The summed E-state index contributed by atoms with van der Waals surface area (Å²) in [5, 5.41) is 3.36. The van der Waals surface area contributed by atoms with E-state index in [0.717, 1.165) is 18.5 Å². The minimum atomic E-state index is 0.503. The molecule has 1 rings (SSSR count). The maximum atomic E-state index is 5.80. The lowest BCUT2D eigenvalue weighted by Crippen LogP contribution is -2.24. The number of nitrogens with one attached hydrogen (secondary N) is 1. The molecule has 0 atom stereocenters. The van der Waals surface area contributed by atoms with Crippen LogP contribution >= 0.6 is 0 Å². The highest BCUT2D eigenvalue weighted by atomic mass is 16.5. The Morgan fingerprint density at radius 1 is 1.11 bits per heavy atom. The van der Waals surface area contributed by atoms with Gasteiger partial charge in [-0.2, -0.15) is 0 Å². The Balaban J connectivity index is 2.61. The fourth-order valence-corrected chi connectivity index (χ4v) is 1.79. The van der Waals surface area contributed by atoms with E-state index in [0.29, 0.717) is 29.9 Å². The fourth-order valence-electron chi connectivity index (χ4n) is 1.79. The number of aryl methyl sites for hydroxylation is 1. The molecule has 0 bridgehead atoms. The zero-order valence-electron chi connectivity index (χ0n) is 12.6. The molecule has 0 aliphatic rings. The minimum Gasteiger partial charge on any atom is -0.493 e. The molecule has 0 amide bonds. The van der Waals surface area contributed by atoms with Gasteiger partial charge >= 0.3 is 0 Å². The van der Waals surface area contributed by atoms with E-state index in [2.05, 4.69) is 19.2 Å². The number of methoxy groups -OCH3 is 2. The van der Waals surface area contributed by atoms with Crippen molar-refractivity contribution in [2.24, 2.45) is 0 Å². The molecule has 0 heterocycles. The molecule has 0 saturated carbocycles. The Bertz CT molecular complexity index is 366. The molecule has 0 unspecified atom stereocenters. The predicted octanol–water partition coefficient (Wildman–Crippen LogP) is 2.78. The molecule has 0 fully saturated rings. The highest BCUT2D eigenvalue weighted by molar-refractivity contribution is 5.53. The van der Waals surface area contributed by atoms with Crippen molar-refractivity contribution < 1.29 is 14.2 Å². The molecule has 0 aliphatic heterocycles. The highest BCUT2D eigenvalue weighted by Gasteiger charge is 2.12. The number of rotatable bonds is 8. The molecule has 0 aliphatic carbocycles. The first-order valence-corrected chi connectivity index (χ1v) is 6.67. The predicted molar refractivity (Wildman–Crippen MR) is 77.5 cm³/mol. The minimum absolute atomic E-state index is 0.503. The van der Waals surface area contributed by atoms with Crippen molar-refractivity contribution in [3.63, 3.8) is 0 Å². The van der Waals surface area contributed by atoms with Gasteiger partial charge in [0.1, 0.15) is 0 Å². The largest absolute Gasteiger partial charge is 0.493 e. The second-order valence-electron chi connectivity index (χ2n) is 4.81. The zero-order valence-corrected chi connectivity index (χ0v) is 12.6. The first-order valence-electron chi connectivity index (χ1n) is 6.67. The van der Waals surface area contributed by atoms with E-state index in [-0.39, 0.29) is 0 Å². The van der Waals surface area contributed by atoms with Gasteiger partial charge in [-0.3, -0.25) is 0 Å². The summed E-state index contributed by atoms with van der Waals surface area (Å²) < 4.78 is 16.5. The van der Waals surface area contributed by atoms with E-state index in [1.54, 1.807) is 14.2 Å². The summed E-state index contributed by atoms with van der Waals surface area (Å²) in [7, 11) is 3.28. The van der Waals surface area contributed by atoms with Gasteiger partial charge < -0.3 is 19.5 Å². The summed E-state index contributed by atoms with van der Waals surface area (Å²) in [6.45, 7) is 7.84. The average molecular weight is 267 g/mol. The molecular formula is C15H25NO3. The van der Waals surface area contributed by atoms with E-state index in [4.69, 9.17) is 14.2 Å². The van der Waals surface area contributed by atoms with Gasteiger partial charge in [0.2, 0.25) is 5.75 Å². The topological polar surface area (TPSA) is 39.7 Å². The van der Waals surface area contributed by atoms with Crippen molar-refractivity contribution in [1.82, 2.24) is 5.32 Å². The lowest BCUT2D eigenvalue weighted by atomic mass is 10.2. The van der Waals surface area contributed by atoms with Crippen LogP contribution < -0.4 is 19.5 Å². The van der Waals surface area contributed by atoms with Crippen molar-refractivity contribution in [1.29, 1.82) is 0 Å². The van der Waals surface area contributed by atoms with Crippen molar-refractivity contribution in [2.45, 2.75) is 33.2 Å². The van der Waals surface area contributed by atoms with Crippen LogP contribution in [0.1, 0.15) is 25.8 Å². The molecule has 0 saturated heterocycles. The second-order valence-corrected chi connectivity index (χ2v) is 4.81. The van der Waals surface area contributed by atoms with Crippen molar-refractivity contribution in [2.75, 3.05) is 27.4 Å². The number of ether oxygens (including phenoxy) is 3. The third-order valence-electron chi connectivity index (χ3n) is 2.73. The summed E-state index contributed by atoms with van der Waals surface area (Å²) >= 11 is 0. The first-order chi connectivity index (χ1) is 9.08. The molecule has 1 aromatic rings. The Kier molecular flexibility index (Phi) is 6.50. The van der Waals surface area contributed by atoms with E-state index in [9.17, 15) is 0 Å². The van der Waals surface area contributed by atoms with Gasteiger partial charge in [-0.1, -0.05) is 13.8 Å². The highest BCUT2D eigenvalue weighted by Crippen LogP contribution is 2.38. The van der Waals surface area contributed by atoms with Gasteiger partial charge in [0.05, 0.1) is 20.8 Å². The van der Waals surface area contributed by atoms with Crippen LogP contribution in [0.5, 0.6) is 17.2 Å². The van der Waals surface area contributed by atoms with Gasteiger partial charge in [-0.25, -0.2) is 0 Å². The molecule has 4 nitrogen and oxygen atoms in total. The van der Waals surface area contributed by atoms with Crippen molar-refractivity contribution in [3.8, 4) is 17.2 Å². The zero-order chi connectivity index (χ0) is 14.3. The smallest absolute Gasteiger partial charge is 0.203 e. The van der Waals surface area contributed by atoms with Gasteiger partial charge in [0, 0.05) is 6.04 Å². The SMILES string of the molecule is COc1cc(C)cc(OC)c1OCCCNC(C)C. The van der Waals surface area contributed by atoms with Crippen LogP contribution in [0.4, 0.5) is 0 Å². The average Bonchev–Trinajstić information content (AvgIpc) is 2.38. The Hall–Kier alpha value is -1.42. The quantitative estimate of drug-likeness (QED) is 0.735. The summed E-state index contributed by atoms with van der Waals surface area (Å²) in [4.78, 5) is 0. The van der Waals surface area contributed by atoms with Crippen LogP contribution in [0.25, 0.3) is 0 Å². The third-order valence-corrected chi connectivity index (χ3v) is 2.73. The Morgan fingerprint density at radius 2 is 1.68 bits per heavy atom. The first kappa shape index (κ1) is 15.6. The molecule has 0 spiro atoms. The summed E-state index contributed by atoms with van der Waals surface area (Å²) in [6.07, 6.45) is 0.943. The monoisotopic (exact) mass is 267 g/mol. The molecule has 0 radical (unpaired) electrons.